The number of rotatable bonds is 5. The van der Waals surface area contributed by atoms with Crippen LogP contribution in [0, 0.1) is 0 Å². The number of aromatic nitrogens is 2. The molecule has 0 aliphatic carbocycles. The van der Waals surface area contributed by atoms with Crippen LogP contribution in [0.3, 0.4) is 0 Å². The smallest absolute Gasteiger partial charge is 0.258 e. The van der Waals surface area contributed by atoms with E-state index in [-0.39, 0.29) is 5.56 Å². The van der Waals surface area contributed by atoms with E-state index in [1.54, 1.807) is 18.2 Å². The number of hydrogen-bond acceptors (Lipinski definition) is 5. The van der Waals surface area contributed by atoms with E-state index in [2.05, 4.69) is 15.0 Å². The molecule has 0 saturated heterocycles. The lowest BCUT2D eigenvalue weighted by Gasteiger charge is -2.04. The van der Waals surface area contributed by atoms with Crippen molar-refractivity contribution in [1.29, 1.82) is 0 Å². The third kappa shape index (κ3) is 4.56. The normalized spacial score (nSPS) is 11.7. The molecule has 0 radical (unpaired) electrons. The Labute approximate surface area is 159 Å². The van der Waals surface area contributed by atoms with Gasteiger partial charge >= 0.3 is 0 Å². The molecule has 0 amide bonds. The molecule has 0 aliphatic heterocycles. The second-order valence-corrected chi connectivity index (χ2v) is 6.77. The first-order valence-electron chi connectivity index (χ1n) is 7.93. The molecule has 3 N–H and O–H groups in total. The number of aromatic amines is 1. The number of ether oxygens (including phenoxy) is 1. The van der Waals surface area contributed by atoms with Crippen molar-refractivity contribution in [3.63, 3.8) is 0 Å². The van der Waals surface area contributed by atoms with E-state index in [1.807, 2.05) is 31.2 Å². The molecule has 2 aromatic carbocycles. The van der Waals surface area contributed by atoms with Gasteiger partial charge in [-0.05, 0) is 49.4 Å². The van der Waals surface area contributed by atoms with Gasteiger partial charge in [-0.15, -0.1) is 0 Å². The van der Waals surface area contributed by atoms with Gasteiger partial charge in [0.05, 0.1) is 29.0 Å². The van der Waals surface area contributed by atoms with Crippen LogP contribution in [0.25, 0.3) is 10.9 Å². The molecule has 1 aromatic heterocycles. The Morgan fingerprint density at radius 2 is 2.08 bits per heavy atom. The van der Waals surface area contributed by atoms with Crippen molar-refractivity contribution in [1.82, 2.24) is 9.97 Å². The highest BCUT2D eigenvalue weighted by Crippen LogP contribution is 2.20. The van der Waals surface area contributed by atoms with E-state index in [0.29, 0.717) is 39.3 Å². The third-order valence-corrected chi connectivity index (χ3v) is 4.50. The molecule has 26 heavy (non-hydrogen) atoms. The van der Waals surface area contributed by atoms with Gasteiger partial charge < -0.3 is 15.5 Å². The molecule has 0 saturated carbocycles. The second-order valence-electron chi connectivity index (χ2n) is 5.34. The minimum atomic E-state index is -0.204. The van der Waals surface area contributed by atoms with Gasteiger partial charge in [-0.1, -0.05) is 23.4 Å². The summed E-state index contributed by atoms with van der Waals surface area (Å²) in [5.41, 5.74) is 7.04. The lowest BCUT2D eigenvalue weighted by Crippen LogP contribution is -2.13. The van der Waals surface area contributed by atoms with E-state index >= 15 is 0 Å². The summed E-state index contributed by atoms with van der Waals surface area (Å²) in [7, 11) is 0. The lowest BCUT2D eigenvalue weighted by molar-refractivity contribution is 0.340. The number of fused-ring (bicyclic) bond motifs is 1. The van der Waals surface area contributed by atoms with Gasteiger partial charge in [0.15, 0.2) is 5.17 Å². The SMILES string of the molecule is CCOc1ccc(N=C(N)SCc2nc3cc(Cl)ccc3c(=O)[nH]2)cc1. The number of amidine groups is 1. The fraction of sp³-hybridized carbons (Fsp3) is 0.167. The van der Waals surface area contributed by atoms with Crippen LogP contribution < -0.4 is 16.0 Å². The van der Waals surface area contributed by atoms with Crippen molar-refractivity contribution in [2.45, 2.75) is 12.7 Å². The number of aliphatic imine (C=N–C) groups is 1. The van der Waals surface area contributed by atoms with Gasteiger partial charge in [-0.3, -0.25) is 4.79 Å². The van der Waals surface area contributed by atoms with Crippen molar-refractivity contribution in [2.24, 2.45) is 10.7 Å². The minimum Gasteiger partial charge on any atom is -0.494 e. The molecule has 0 bridgehead atoms. The lowest BCUT2D eigenvalue weighted by atomic mass is 10.2. The molecule has 0 aliphatic rings. The molecule has 3 rings (SSSR count). The molecule has 0 fully saturated rings. The van der Waals surface area contributed by atoms with Crippen molar-refractivity contribution < 1.29 is 4.74 Å². The number of benzene rings is 2. The molecule has 6 nitrogen and oxygen atoms in total. The molecule has 3 aromatic rings. The van der Waals surface area contributed by atoms with Crippen LogP contribution in [0.1, 0.15) is 12.7 Å². The van der Waals surface area contributed by atoms with Crippen LogP contribution in [0.4, 0.5) is 5.69 Å². The molecule has 1 heterocycles. The number of nitrogens with zero attached hydrogens (tertiary/aromatic N) is 2. The number of thioether (sulfide) groups is 1. The summed E-state index contributed by atoms with van der Waals surface area (Å²) in [4.78, 5) is 23.6. The second kappa shape index (κ2) is 8.25. The number of nitrogens with two attached hydrogens (primary N) is 1. The van der Waals surface area contributed by atoms with Crippen LogP contribution >= 0.6 is 23.4 Å². The van der Waals surface area contributed by atoms with E-state index in [4.69, 9.17) is 22.1 Å². The highest BCUT2D eigenvalue weighted by atomic mass is 35.5. The molecule has 0 spiro atoms. The number of nitrogens with one attached hydrogen (secondary N) is 1. The van der Waals surface area contributed by atoms with Crippen LogP contribution in [0.5, 0.6) is 5.75 Å². The number of H-pyrrole nitrogens is 1. The third-order valence-electron chi connectivity index (χ3n) is 3.46. The summed E-state index contributed by atoms with van der Waals surface area (Å²) < 4.78 is 5.39. The zero-order valence-corrected chi connectivity index (χ0v) is 15.6. The summed E-state index contributed by atoms with van der Waals surface area (Å²) in [6.45, 7) is 2.54. The fourth-order valence-corrected chi connectivity index (χ4v) is 3.07. The Morgan fingerprint density at radius 3 is 2.81 bits per heavy atom. The summed E-state index contributed by atoms with van der Waals surface area (Å²) in [5.74, 6) is 1.69. The highest BCUT2D eigenvalue weighted by molar-refractivity contribution is 8.13. The summed E-state index contributed by atoms with van der Waals surface area (Å²) in [6, 6.07) is 12.3. The van der Waals surface area contributed by atoms with Crippen LogP contribution in [0.2, 0.25) is 5.02 Å². The predicted molar refractivity (Wildman–Crippen MR) is 108 cm³/mol. The largest absolute Gasteiger partial charge is 0.494 e. The van der Waals surface area contributed by atoms with E-state index < -0.39 is 0 Å². The maximum atomic E-state index is 12.1. The Bertz CT molecular complexity index is 1000. The molecular weight excluding hydrogens is 372 g/mol. The fourth-order valence-electron chi connectivity index (χ4n) is 2.31. The Hall–Kier alpha value is -2.51. The molecule has 8 heteroatoms. The van der Waals surface area contributed by atoms with Crippen LogP contribution in [-0.2, 0) is 5.75 Å². The van der Waals surface area contributed by atoms with Gasteiger partial charge in [0.1, 0.15) is 11.6 Å². The maximum absolute atomic E-state index is 12.1. The summed E-state index contributed by atoms with van der Waals surface area (Å²) >= 11 is 7.26. The monoisotopic (exact) mass is 388 g/mol. The van der Waals surface area contributed by atoms with Crippen LogP contribution in [0.15, 0.2) is 52.3 Å². The molecular formula is C18H17ClN4O2S. The Kier molecular flexibility index (Phi) is 5.80. The van der Waals surface area contributed by atoms with Crippen molar-refractivity contribution in [3.8, 4) is 5.75 Å². The predicted octanol–water partition coefficient (Wildman–Crippen LogP) is 3.85. The van der Waals surface area contributed by atoms with Crippen LogP contribution in [-0.4, -0.2) is 21.7 Å². The van der Waals surface area contributed by atoms with E-state index in [0.717, 1.165) is 11.4 Å². The Balaban J connectivity index is 1.71. The molecule has 0 unspecified atom stereocenters. The first kappa shape index (κ1) is 18.3. The number of halogens is 1. The van der Waals surface area contributed by atoms with Gasteiger partial charge in [-0.2, -0.15) is 0 Å². The van der Waals surface area contributed by atoms with Gasteiger partial charge in [0.2, 0.25) is 0 Å². The standard InChI is InChI=1S/C18H17ClN4O2S/c1-2-25-13-6-4-12(5-7-13)21-18(20)26-10-16-22-15-9-11(19)3-8-14(15)17(24)23-16/h3-9H,2,10H2,1H3,(H2,20,21)(H,22,23,24). The van der Waals surface area contributed by atoms with Gasteiger partial charge in [0.25, 0.3) is 5.56 Å². The molecule has 0 atom stereocenters. The maximum Gasteiger partial charge on any atom is 0.258 e. The zero-order chi connectivity index (χ0) is 18.5. The first-order valence-corrected chi connectivity index (χ1v) is 9.30. The van der Waals surface area contributed by atoms with Crippen molar-refractivity contribution in [2.75, 3.05) is 6.61 Å². The average molecular weight is 389 g/mol. The van der Waals surface area contributed by atoms with Crippen molar-refractivity contribution >= 4 is 45.1 Å². The highest BCUT2D eigenvalue weighted by Gasteiger charge is 2.06. The first-order chi connectivity index (χ1) is 12.5. The number of hydrogen-bond donors (Lipinski definition) is 2. The van der Waals surface area contributed by atoms with E-state index in [1.165, 1.54) is 11.8 Å². The van der Waals surface area contributed by atoms with E-state index in [9.17, 15) is 4.79 Å². The van der Waals surface area contributed by atoms with Crippen molar-refractivity contribution in [3.05, 3.63) is 63.7 Å². The summed E-state index contributed by atoms with van der Waals surface area (Å²) in [5, 5.41) is 1.41. The quantitative estimate of drug-likeness (QED) is 0.511. The molecule has 134 valence electrons. The Morgan fingerprint density at radius 1 is 1.31 bits per heavy atom. The zero-order valence-electron chi connectivity index (χ0n) is 14.0. The minimum absolute atomic E-state index is 0.204. The van der Waals surface area contributed by atoms with Gasteiger partial charge in [0, 0.05) is 5.02 Å². The summed E-state index contributed by atoms with van der Waals surface area (Å²) in [6.07, 6.45) is 0. The van der Waals surface area contributed by atoms with Gasteiger partial charge in [-0.25, -0.2) is 9.98 Å². The topological polar surface area (TPSA) is 93.4 Å². The average Bonchev–Trinajstić information content (AvgIpc) is 2.61.